The number of rotatable bonds is 3. The second kappa shape index (κ2) is 5.71. The van der Waals surface area contributed by atoms with Crippen molar-refractivity contribution in [1.82, 2.24) is 24.5 Å². The summed E-state index contributed by atoms with van der Waals surface area (Å²) in [6.07, 6.45) is 4.38. The van der Waals surface area contributed by atoms with Crippen LogP contribution in [0.4, 0.5) is 5.13 Å². The Morgan fingerprint density at radius 3 is 2.74 bits per heavy atom. The van der Waals surface area contributed by atoms with Crippen LogP contribution in [0.2, 0.25) is 0 Å². The molecular weight excluding hydrogens is 312 g/mol. The van der Waals surface area contributed by atoms with Gasteiger partial charge in [-0.05, 0) is 19.2 Å². The summed E-state index contributed by atoms with van der Waals surface area (Å²) in [6, 6.07) is 3.46. The predicted molar refractivity (Wildman–Crippen MR) is 89.2 cm³/mol. The Kier molecular flexibility index (Phi) is 3.55. The molecule has 1 saturated heterocycles. The highest BCUT2D eigenvalue weighted by atomic mass is 32.1. The number of aromatic nitrogens is 4. The fourth-order valence-corrected chi connectivity index (χ4v) is 3.61. The van der Waals surface area contributed by atoms with Gasteiger partial charge in [-0.2, -0.15) is 5.10 Å². The summed E-state index contributed by atoms with van der Waals surface area (Å²) < 4.78 is 1.70. The van der Waals surface area contributed by atoms with Gasteiger partial charge in [-0.25, -0.2) is 14.5 Å². The van der Waals surface area contributed by atoms with Gasteiger partial charge in [0.1, 0.15) is 11.4 Å². The lowest BCUT2D eigenvalue weighted by atomic mass is 10.3. The van der Waals surface area contributed by atoms with E-state index >= 15 is 0 Å². The molecule has 3 aromatic heterocycles. The molecule has 0 saturated carbocycles. The first-order chi connectivity index (χ1) is 11.2. The lowest BCUT2D eigenvalue weighted by molar-refractivity contribution is 0.111. The molecule has 4 rings (SSSR count). The van der Waals surface area contributed by atoms with Gasteiger partial charge < -0.3 is 9.80 Å². The zero-order valence-electron chi connectivity index (χ0n) is 12.7. The van der Waals surface area contributed by atoms with Crippen LogP contribution in [-0.2, 0) is 0 Å². The van der Waals surface area contributed by atoms with Gasteiger partial charge in [0, 0.05) is 32.4 Å². The molecule has 1 aliphatic rings. The average molecular weight is 328 g/mol. The normalized spacial score (nSPS) is 16.1. The Hall–Kier alpha value is -2.32. The summed E-state index contributed by atoms with van der Waals surface area (Å²) in [5.74, 6) is 0. The standard InChI is InChI=1S/C15H16N6OS/c1-19-4-6-20(7-5-19)15-17-9-13(23-15)12-8-16-14-3-2-11(10-22)18-21(12)14/h2-3,8-10H,4-7H2,1H3. The molecule has 0 bridgehead atoms. The summed E-state index contributed by atoms with van der Waals surface area (Å²) in [5, 5.41) is 5.33. The number of aldehydes is 1. The SMILES string of the molecule is CN1CCN(c2ncc(-c3cnc4ccc(C=O)nn34)s2)CC1. The van der Waals surface area contributed by atoms with Gasteiger partial charge in [-0.1, -0.05) is 11.3 Å². The minimum atomic E-state index is 0.389. The first kappa shape index (κ1) is 14.3. The van der Waals surface area contributed by atoms with E-state index in [4.69, 9.17) is 0 Å². The van der Waals surface area contributed by atoms with Crippen LogP contribution in [0.1, 0.15) is 10.5 Å². The molecule has 118 valence electrons. The molecule has 0 spiro atoms. The third-order valence-corrected chi connectivity index (χ3v) is 5.10. The number of likely N-dealkylation sites (N-methyl/N-ethyl adjacent to an activating group) is 1. The molecular formula is C15H16N6OS. The number of carbonyl (C=O) groups excluding carboxylic acids is 1. The summed E-state index contributed by atoms with van der Waals surface area (Å²) >= 11 is 1.63. The van der Waals surface area contributed by atoms with E-state index in [2.05, 4.69) is 31.9 Å². The molecule has 4 heterocycles. The number of imidazole rings is 1. The molecule has 3 aromatic rings. The minimum absolute atomic E-state index is 0.389. The van der Waals surface area contributed by atoms with Crippen molar-refractivity contribution in [3.8, 4) is 10.6 Å². The molecule has 0 aromatic carbocycles. The number of hydrogen-bond donors (Lipinski definition) is 0. The maximum Gasteiger partial charge on any atom is 0.185 e. The summed E-state index contributed by atoms with van der Waals surface area (Å²) in [7, 11) is 2.14. The van der Waals surface area contributed by atoms with E-state index in [-0.39, 0.29) is 0 Å². The van der Waals surface area contributed by atoms with Crippen LogP contribution < -0.4 is 4.90 Å². The fourth-order valence-electron chi connectivity index (χ4n) is 2.65. The molecule has 1 aliphatic heterocycles. The van der Waals surface area contributed by atoms with Gasteiger partial charge in [-0.15, -0.1) is 0 Å². The van der Waals surface area contributed by atoms with Crippen LogP contribution in [0.3, 0.4) is 0 Å². The van der Waals surface area contributed by atoms with Crippen LogP contribution in [0, 0.1) is 0 Å². The van der Waals surface area contributed by atoms with E-state index in [0.29, 0.717) is 5.69 Å². The molecule has 0 amide bonds. The van der Waals surface area contributed by atoms with Gasteiger partial charge in [0.2, 0.25) is 0 Å². The molecule has 0 unspecified atom stereocenters. The number of nitrogens with zero attached hydrogens (tertiary/aromatic N) is 6. The van der Waals surface area contributed by atoms with Crippen LogP contribution in [-0.4, -0.2) is 64.0 Å². The van der Waals surface area contributed by atoms with Gasteiger partial charge in [0.25, 0.3) is 0 Å². The highest BCUT2D eigenvalue weighted by Crippen LogP contribution is 2.31. The van der Waals surface area contributed by atoms with Crippen LogP contribution in [0.15, 0.2) is 24.5 Å². The lowest BCUT2D eigenvalue weighted by Crippen LogP contribution is -2.44. The van der Waals surface area contributed by atoms with Crippen molar-refractivity contribution in [2.75, 3.05) is 38.1 Å². The Morgan fingerprint density at radius 1 is 1.13 bits per heavy atom. The van der Waals surface area contributed by atoms with Gasteiger partial charge in [0.05, 0.1) is 11.1 Å². The second-order valence-electron chi connectivity index (χ2n) is 5.59. The Bertz CT molecular complexity index is 849. The quantitative estimate of drug-likeness (QED) is 0.678. The summed E-state index contributed by atoms with van der Waals surface area (Å²) in [5.41, 5.74) is 1.97. The third kappa shape index (κ3) is 2.60. The van der Waals surface area contributed by atoms with Crippen molar-refractivity contribution < 1.29 is 4.79 Å². The minimum Gasteiger partial charge on any atom is -0.346 e. The van der Waals surface area contributed by atoms with E-state index in [9.17, 15) is 4.79 Å². The van der Waals surface area contributed by atoms with Crippen molar-refractivity contribution >= 4 is 28.4 Å². The van der Waals surface area contributed by atoms with Crippen molar-refractivity contribution in [1.29, 1.82) is 0 Å². The van der Waals surface area contributed by atoms with Crippen LogP contribution >= 0.6 is 11.3 Å². The number of anilines is 1. The Balaban J connectivity index is 1.67. The van der Waals surface area contributed by atoms with Crippen molar-refractivity contribution in [2.45, 2.75) is 0 Å². The van der Waals surface area contributed by atoms with Crippen molar-refractivity contribution in [2.24, 2.45) is 0 Å². The molecule has 7 nitrogen and oxygen atoms in total. The third-order valence-electron chi connectivity index (χ3n) is 4.02. The maximum atomic E-state index is 10.9. The molecule has 0 radical (unpaired) electrons. The first-order valence-corrected chi connectivity index (χ1v) is 8.26. The maximum absolute atomic E-state index is 10.9. The van der Waals surface area contributed by atoms with Crippen LogP contribution in [0.25, 0.3) is 16.2 Å². The first-order valence-electron chi connectivity index (χ1n) is 7.44. The van der Waals surface area contributed by atoms with E-state index in [1.807, 2.05) is 6.20 Å². The average Bonchev–Trinajstić information content (AvgIpc) is 3.21. The number of carbonyl (C=O) groups is 1. The van der Waals surface area contributed by atoms with E-state index in [1.54, 1.807) is 34.2 Å². The fraction of sp³-hybridized carbons (Fsp3) is 0.333. The highest BCUT2D eigenvalue weighted by molar-refractivity contribution is 7.18. The molecule has 23 heavy (non-hydrogen) atoms. The number of thiazole rings is 1. The molecule has 0 N–H and O–H groups in total. The smallest absolute Gasteiger partial charge is 0.185 e. The largest absolute Gasteiger partial charge is 0.346 e. The molecule has 8 heteroatoms. The molecule has 0 atom stereocenters. The summed E-state index contributed by atoms with van der Waals surface area (Å²) in [4.78, 5) is 25.5. The Morgan fingerprint density at radius 2 is 1.96 bits per heavy atom. The van der Waals surface area contributed by atoms with Gasteiger partial charge in [0.15, 0.2) is 17.1 Å². The van der Waals surface area contributed by atoms with Crippen molar-refractivity contribution in [3.05, 3.63) is 30.2 Å². The monoisotopic (exact) mass is 328 g/mol. The van der Waals surface area contributed by atoms with Crippen molar-refractivity contribution in [3.63, 3.8) is 0 Å². The topological polar surface area (TPSA) is 66.6 Å². The number of hydrogen-bond acceptors (Lipinski definition) is 7. The molecule has 0 aliphatic carbocycles. The van der Waals surface area contributed by atoms with E-state index < -0.39 is 0 Å². The number of fused-ring (bicyclic) bond motifs is 1. The van der Waals surface area contributed by atoms with Gasteiger partial charge in [-0.3, -0.25) is 4.79 Å². The predicted octanol–water partition coefficient (Wildman–Crippen LogP) is 1.42. The summed E-state index contributed by atoms with van der Waals surface area (Å²) in [6.45, 7) is 4.08. The second-order valence-corrected chi connectivity index (χ2v) is 6.60. The van der Waals surface area contributed by atoms with E-state index in [1.165, 1.54) is 0 Å². The molecule has 1 fully saturated rings. The number of piperazine rings is 1. The zero-order valence-corrected chi connectivity index (χ0v) is 13.5. The zero-order chi connectivity index (χ0) is 15.8. The van der Waals surface area contributed by atoms with Crippen LogP contribution in [0.5, 0.6) is 0 Å². The Labute approximate surface area is 137 Å². The van der Waals surface area contributed by atoms with E-state index in [0.717, 1.165) is 53.8 Å². The lowest BCUT2D eigenvalue weighted by Gasteiger charge is -2.32. The highest BCUT2D eigenvalue weighted by Gasteiger charge is 2.18. The van der Waals surface area contributed by atoms with Gasteiger partial charge >= 0.3 is 0 Å².